The molecule has 3 atom stereocenters. The monoisotopic (exact) mass is 380 g/mol. The van der Waals surface area contributed by atoms with Gasteiger partial charge in [0.15, 0.2) is 11.5 Å². The predicted molar refractivity (Wildman–Crippen MR) is 105 cm³/mol. The number of rotatable bonds is 4. The number of benzene rings is 1. The molecule has 5 aliphatic rings. The molecule has 6 nitrogen and oxygen atoms in total. The fourth-order valence-electron chi connectivity index (χ4n) is 6.05. The summed E-state index contributed by atoms with van der Waals surface area (Å²) in [6.07, 6.45) is 6.96. The molecule has 4 saturated heterocycles. The van der Waals surface area contributed by atoms with Crippen LogP contribution in [0.4, 0.5) is 0 Å². The van der Waals surface area contributed by atoms with Crippen LogP contribution in [-0.4, -0.2) is 58.1 Å². The third-order valence-electron chi connectivity index (χ3n) is 7.31. The molecule has 1 aromatic carbocycles. The third-order valence-corrected chi connectivity index (χ3v) is 7.31. The number of aromatic nitrogens is 2. The topological polar surface area (TPSA) is 42.8 Å². The van der Waals surface area contributed by atoms with Gasteiger partial charge in [0.1, 0.15) is 0 Å². The van der Waals surface area contributed by atoms with Crippen LogP contribution in [0.3, 0.4) is 0 Å². The van der Waals surface area contributed by atoms with Crippen LogP contribution in [0.25, 0.3) is 0 Å². The van der Waals surface area contributed by atoms with E-state index >= 15 is 0 Å². The molecule has 4 fully saturated rings. The summed E-state index contributed by atoms with van der Waals surface area (Å²) in [6, 6.07) is 7.86. The van der Waals surface area contributed by atoms with Gasteiger partial charge in [-0.15, -0.1) is 0 Å². The van der Waals surface area contributed by atoms with Crippen molar-refractivity contribution in [1.29, 1.82) is 0 Å². The Balaban J connectivity index is 1.33. The van der Waals surface area contributed by atoms with Crippen LogP contribution in [-0.2, 0) is 13.1 Å². The Bertz CT molecular complexity index is 873. The van der Waals surface area contributed by atoms with Crippen molar-refractivity contribution < 1.29 is 9.47 Å². The number of ether oxygens (including phenoxy) is 2. The highest BCUT2D eigenvalue weighted by Crippen LogP contribution is 2.48. The summed E-state index contributed by atoms with van der Waals surface area (Å²) in [7, 11) is 0. The molecule has 7 rings (SSSR count). The molecule has 6 heteroatoms. The van der Waals surface area contributed by atoms with Crippen molar-refractivity contribution in [2.45, 2.75) is 50.9 Å². The van der Waals surface area contributed by atoms with Gasteiger partial charge in [-0.05, 0) is 56.5 Å². The van der Waals surface area contributed by atoms with Crippen molar-refractivity contribution in [3.05, 3.63) is 41.7 Å². The number of aryl methyl sites for hydroxylation is 1. The Morgan fingerprint density at radius 2 is 1.96 bits per heavy atom. The van der Waals surface area contributed by atoms with E-state index in [2.05, 4.69) is 46.2 Å². The predicted octanol–water partition coefficient (Wildman–Crippen LogP) is 2.69. The molecule has 0 radical (unpaired) electrons. The average Bonchev–Trinajstić information content (AvgIpc) is 3.47. The van der Waals surface area contributed by atoms with Gasteiger partial charge in [0.05, 0.1) is 6.20 Å². The summed E-state index contributed by atoms with van der Waals surface area (Å²) in [4.78, 5) is 5.50. The third kappa shape index (κ3) is 2.58. The van der Waals surface area contributed by atoms with Crippen molar-refractivity contribution in [2.75, 3.05) is 26.4 Å². The van der Waals surface area contributed by atoms with E-state index in [0.717, 1.165) is 37.1 Å². The first-order valence-electron chi connectivity index (χ1n) is 10.7. The van der Waals surface area contributed by atoms with Crippen LogP contribution < -0.4 is 9.47 Å². The van der Waals surface area contributed by atoms with Gasteiger partial charge < -0.3 is 9.47 Å². The number of likely N-dealkylation sites (tertiary alicyclic amines) is 1. The standard InChI is InChI=1S/C22H28N4O2/c1-2-26-12-15(10-23-26)11-25-13-18(17-3-4-19-20(9-17)28-14-27-19)22-21(25)16-5-7-24(22)8-6-16/h3-4,9-10,12,16,18,21-22H,2,5-8,11,13-14H2,1H3/t18-,21+,22+/m0/s1. The van der Waals surface area contributed by atoms with E-state index < -0.39 is 0 Å². The lowest BCUT2D eigenvalue weighted by Crippen LogP contribution is -2.59. The van der Waals surface area contributed by atoms with E-state index in [-0.39, 0.29) is 0 Å². The lowest BCUT2D eigenvalue weighted by molar-refractivity contribution is -0.00870. The molecule has 0 spiro atoms. The molecule has 2 aromatic rings. The SMILES string of the molecule is CCn1cc(CN2C[C@@H](c3ccc4c(c3)OCO4)[C@@H]3[C@H]2C2CCN3CC2)cn1. The van der Waals surface area contributed by atoms with E-state index in [4.69, 9.17) is 9.47 Å². The maximum Gasteiger partial charge on any atom is 0.231 e. The number of hydrogen-bond acceptors (Lipinski definition) is 5. The molecule has 0 unspecified atom stereocenters. The normalized spacial score (nSPS) is 33.4. The summed E-state index contributed by atoms with van der Waals surface area (Å²) in [6.45, 7) is 8.06. The summed E-state index contributed by atoms with van der Waals surface area (Å²) < 4.78 is 13.2. The Kier molecular flexibility index (Phi) is 3.91. The first kappa shape index (κ1) is 16.9. The van der Waals surface area contributed by atoms with Gasteiger partial charge in [-0.3, -0.25) is 14.5 Å². The van der Waals surface area contributed by atoms with Gasteiger partial charge in [-0.2, -0.15) is 5.10 Å². The number of piperidine rings is 3. The molecule has 2 bridgehead atoms. The zero-order chi connectivity index (χ0) is 18.7. The Morgan fingerprint density at radius 1 is 1.11 bits per heavy atom. The molecule has 28 heavy (non-hydrogen) atoms. The highest BCUT2D eigenvalue weighted by atomic mass is 16.7. The lowest BCUT2D eigenvalue weighted by Gasteiger charge is -2.51. The second-order valence-corrected chi connectivity index (χ2v) is 8.71. The van der Waals surface area contributed by atoms with E-state index in [1.807, 2.05) is 10.9 Å². The molecule has 5 aliphatic heterocycles. The molecule has 0 aliphatic carbocycles. The number of fused-ring (bicyclic) bond motifs is 3. The number of hydrogen-bond donors (Lipinski definition) is 0. The van der Waals surface area contributed by atoms with Crippen LogP contribution in [0.15, 0.2) is 30.6 Å². The molecular weight excluding hydrogens is 352 g/mol. The van der Waals surface area contributed by atoms with Crippen LogP contribution in [0.2, 0.25) is 0 Å². The fraction of sp³-hybridized carbons (Fsp3) is 0.591. The lowest BCUT2D eigenvalue weighted by atomic mass is 9.75. The van der Waals surface area contributed by atoms with Crippen molar-refractivity contribution >= 4 is 0 Å². The van der Waals surface area contributed by atoms with E-state index in [1.54, 1.807) is 0 Å². The largest absolute Gasteiger partial charge is 0.454 e. The number of nitrogens with zero attached hydrogens (tertiary/aromatic N) is 4. The molecular formula is C22H28N4O2. The minimum absolute atomic E-state index is 0.344. The summed E-state index contributed by atoms with van der Waals surface area (Å²) in [5, 5.41) is 4.49. The molecule has 148 valence electrons. The highest BCUT2D eigenvalue weighted by Gasteiger charge is 2.53. The highest BCUT2D eigenvalue weighted by molar-refractivity contribution is 5.46. The average molecular weight is 380 g/mol. The zero-order valence-corrected chi connectivity index (χ0v) is 16.5. The van der Waals surface area contributed by atoms with Crippen LogP contribution in [0, 0.1) is 5.92 Å². The van der Waals surface area contributed by atoms with Gasteiger partial charge >= 0.3 is 0 Å². The first-order chi connectivity index (χ1) is 13.8. The Hall–Kier alpha value is -2.05. The van der Waals surface area contributed by atoms with Gasteiger partial charge in [-0.1, -0.05) is 6.07 Å². The maximum atomic E-state index is 5.67. The fourth-order valence-corrected chi connectivity index (χ4v) is 6.05. The zero-order valence-electron chi connectivity index (χ0n) is 16.5. The second-order valence-electron chi connectivity index (χ2n) is 8.71. The molecule has 6 heterocycles. The van der Waals surface area contributed by atoms with Gasteiger partial charge in [0, 0.05) is 49.4 Å². The van der Waals surface area contributed by atoms with Crippen LogP contribution >= 0.6 is 0 Å². The molecule has 0 N–H and O–H groups in total. The summed E-state index contributed by atoms with van der Waals surface area (Å²) >= 11 is 0. The maximum absolute atomic E-state index is 5.67. The minimum atomic E-state index is 0.344. The van der Waals surface area contributed by atoms with Gasteiger partial charge in [0.2, 0.25) is 6.79 Å². The van der Waals surface area contributed by atoms with E-state index in [1.165, 1.54) is 37.1 Å². The van der Waals surface area contributed by atoms with E-state index in [0.29, 0.717) is 24.8 Å². The molecule has 1 aromatic heterocycles. The summed E-state index contributed by atoms with van der Waals surface area (Å²) in [5.74, 6) is 3.15. The van der Waals surface area contributed by atoms with Crippen molar-refractivity contribution in [3.8, 4) is 11.5 Å². The Morgan fingerprint density at radius 3 is 2.79 bits per heavy atom. The molecule has 0 amide bonds. The molecule has 0 saturated carbocycles. The first-order valence-corrected chi connectivity index (χ1v) is 10.7. The van der Waals surface area contributed by atoms with Gasteiger partial charge in [-0.25, -0.2) is 0 Å². The van der Waals surface area contributed by atoms with Gasteiger partial charge in [0.25, 0.3) is 0 Å². The smallest absolute Gasteiger partial charge is 0.231 e. The van der Waals surface area contributed by atoms with Crippen molar-refractivity contribution in [1.82, 2.24) is 19.6 Å². The Labute approximate surface area is 166 Å². The van der Waals surface area contributed by atoms with Crippen LogP contribution in [0.5, 0.6) is 11.5 Å². The van der Waals surface area contributed by atoms with Crippen LogP contribution in [0.1, 0.15) is 36.8 Å². The van der Waals surface area contributed by atoms with E-state index in [9.17, 15) is 0 Å². The minimum Gasteiger partial charge on any atom is -0.454 e. The quantitative estimate of drug-likeness (QED) is 0.816. The van der Waals surface area contributed by atoms with Crippen molar-refractivity contribution in [3.63, 3.8) is 0 Å². The summed E-state index contributed by atoms with van der Waals surface area (Å²) in [5.41, 5.74) is 2.74. The van der Waals surface area contributed by atoms with Crippen molar-refractivity contribution in [2.24, 2.45) is 5.92 Å². The second kappa shape index (κ2) is 6.49.